The second-order valence-electron chi connectivity index (χ2n) is 3.48. The molecule has 0 fully saturated rings. The monoisotopic (exact) mass is 180 g/mol. The van der Waals surface area contributed by atoms with E-state index in [9.17, 15) is 0 Å². The van der Waals surface area contributed by atoms with Crippen LogP contribution in [0.25, 0.3) is 0 Å². The number of rotatable bonds is 3. The molecule has 1 rings (SSSR count). The molecular formula is C11H16S. The van der Waals surface area contributed by atoms with Gasteiger partial charge in [-0.15, -0.1) is 0 Å². The molecule has 0 aliphatic rings. The Morgan fingerprint density at radius 2 is 1.83 bits per heavy atom. The van der Waals surface area contributed by atoms with E-state index in [-0.39, 0.29) is 0 Å². The van der Waals surface area contributed by atoms with Gasteiger partial charge in [0.25, 0.3) is 0 Å². The van der Waals surface area contributed by atoms with E-state index in [2.05, 4.69) is 50.7 Å². The van der Waals surface area contributed by atoms with E-state index in [1.165, 1.54) is 11.1 Å². The van der Waals surface area contributed by atoms with Crippen LogP contribution in [-0.4, -0.2) is 5.75 Å². The Balaban J connectivity index is 2.58. The van der Waals surface area contributed by atoms with Gasteiger partial charge >= 0.3 is 0 Å². The average molecular weight is 180 g/mol. The molecule has 0 radical (unpaired) electrons. The van der Waals surface area contributed by atoms with Crippen molar-refractivity contribution in [1.29, 1.82) is 0 Å². The van der Waals surface area contributed by atoms with Crippen molar-refractivity contribution in [2.75, 3.05) is 5.75 Å². The van der Waals surface area contributed by atoms with E-state index < -0.39 is 0 Å². The zero-order chi connectivity index (χ0) is 8.97. The number of hydrogen-bond donors (Lipinski definition) is 1. The van der Waals surface area contributed by atoms with Gasteiger partial charge in [0.1, 0.15) is 0 Å². The van der Waals surface area contributed by atoms with E-state index in [1.807, 2.05) is 0 Å². The van der Waals surface area contributed by atoms with Gasteiger partial charge in [-0.3, -0.25) is 0 Å². The molecule has 1 atom stereocenters. The fourth-order valence-corrected chi connectivity index (χ4v) is 1.32. The SMILES string of the molecule is Cc1ccc(CC(C)CS)cc1. The first-order valence-corrected chi connectivity index (χ1v) is 5.02. The first-order valence-electron chi connectivity index (χ1n) is 4.38. The summed E-state index contributed by atoms with van der Waals surface area (Å²) in [6, 6.07) is 8.74. The molecule has 0 saturated carbocycles. The highest BCUT2D eigenvalue weighted by Gasteiger charge is 2.00. The van der Waals surface area contributed by atoms with E-state index in [1.54, 1.807) is 0 Å². The topological polar surface area (TPSA) is 0 Å². The molecule has 66 valence electrons. The van der Waals surface area contributed by atoms with Crippen molar-refractivity contribution in [3.05, 3.63) is 35.4 Å². The summed E-state index contributed by atoms with van der Waals surface area (Å²) in [6.07, 6.45) is 1.14. The largest absolute Gasteiger partial charge is 0.179 e. The minimum absolute atomic E-state index is 0.677. The lowest BCUT2D eigenvalue weighted by Crippen LogP contribution is -2.00. The minimum atomic E-state index is 0.677. The van der Waals surface area contributed by atoms with Gasteiger partial charge in [-0.1, -0.05) is 36.8 Å². The van der Waals surface area contributed by atoms with Crippen LogP contribution in [0.3, 0.4) is 0 Å². The van der Waals surface area contributed by atoms with Crippen LogP contribution in [0.2, 0.25) is 0 Å². The summed E-state index contributed by atoms with van der Waals surface area (Å²) < 4.78 is 0. The van der Waals surface area contributed by atoms with Crippen LogP contribution in [-0.2, 0) is 6.42 Å². The standard InChI is InChI=1S/C11H16S/c1-9-3-5-11(6-4-9)7-10(2)8-12/h3-6,10,12H,7-8H2,1-2H3. The van der Waals surface area contributed by atoms with Gasteiger partial charge in [0, 0.05) is 0 Å². The van der Waals surface area contributed by atoms with E-state index in [0.29, 0.717) is 5.92 Å². The lowest BCUT2D eigenvalue weighted by molar-refractivity contribution is 0.660. The summed E-state index contributed by atoms with van der Waals surface area (Å²) in [4.78, 5) is 0. The van der Waals surface area contributed by atoms with Crippen LogP contribution >= 0.6 is 12.6 Å². The van der Waals surface area contributed by atoms with Crippen molar-refractivity contribution >= 4 is 12.6 Å². The summed E-state index contributed by atoms with van der Waals surface area (Å²) in [5, 5.41) is 0. The molecule has 12 heavy (non-hydrogen) atoms. The molecule has 0 saturated heterocycles. The van der Waals surface area contributed by atoms with Crippen LogP contribution in [0.1, 0.15) is 18.1 Å². The van der Waals surface area contributed by atoms with Crippen LogP contribution in [0.4, 0.5) is 0 Å². The maximum Gasteiger partial charge on any atom is -0.00690 e. The smallest absolute Gasteiger partial charge is 0.00690 e. The Morgan fingerprint density at radius 1 is 1.25 bits per heavy atom. The third-order valence-corrected chi connectivity index (χ3v) is 2.64. The van der Waals surface area contributed by atoms with Crippen molar-refractivity contribution < 1.29 is 0 Å². The van der Waals surface area contributed by atoms with E-state index in [0.717, 1.165) is 12.2 Å². The molecule has 0 aromatic heterocycles. The first kappa shape index (κ1) is 9.66. The molecule has 0 aliphatic carbocycles. The van der Waals surface area contributed by atoms with E-state index >= 15 is 0 Å². The highest BCUT2D eigenvalue weighted by atomic mass is 32.1. The van der Waals surface area contributed by atoms with Gasteiger partial charge in [-0.25, -0.2) is 0 Å². The molecule has 0 amide bonds. The van der Waals surface area contributed by atoms with Gasteiger partial charge in [0.15, 0.2) is 0 Å². The number of thiol groups is 1. The number of hydrogen-bond acceptors (Lipinski definition) is 1. The van der Waals surface area contributed by atoms with Gasteiger partial charge in [0.05, 0.1) is 0 Å². The molecule has 0 aliphatic heterocycles. The van der Waals surface area contributed by atoms with E-state index in [4.69, 9.17) is 0 Å². The number of aryl methyl sites for hydroxylation is 1. The quantitative estimate of drug-likeness (QED) is 0.679. The Morgan fingerprint density at radius 3 is 2.33 bits per heavy atom. The maximum atomic E-state index is 4.27. The second kappa shape index (κ2) is 4.56. The zero-order valence-electron chi connectivity index (χ0n) is 7.75. The summed E-state index contributed by atoms with van der Waals surface area (Å²) in [5.74, 6) is 1.64. The molecule has 0 nitrogen and oxygen atoms in total. The molecule has 1 unspecified atom stereocenters. The predicted molar refractivity (Wildman–Crippen MR) is 57.9 cm³/mol. The Hall–Kier alpha value is -0.430. The molecule has 0 heterocycles. The van der Waals surface area contributed by atoms with Crippen LogP contribution in [0, 0.1) is 12.8 Å². The average Bonchev–Trinajstić information content (AvgIpc) is 2.09. The predicted octanol–water partition coefficient (Wildman–Crippen LogP) is 3.10. The van der Waals surface area contributed by atoms with Gasteiger partial charge in [-0.2, -0.15) is 12.6 Å². The fourth-order valence-electron chi connectivity index (χ4n) is 1.19. The molecule has 1 aromatic carbocycles. The van der Waals surface area contributed by atoms with Gasteiger partial charge in [0.2, 0.25) is 0 Å². The molecule has 1 aromatic rings. The highest BCUT2D eigenvalue weighted by molar-refractivity contribution is 7.80. The Bertz CT molecular complexity index is 225. The van der Waals surface area contributed by atoms with Crippen molar-refractivity contribution in [3.8, 4) is 0 Å². The zero-order valence-corrected chi connectivity index (χ0v) is 8.64. The van der Waals surface area contributed by atoms with Crippen molar-refractivity contribution in [3.63, 3.8) is 0 Å². The first-order chi connectivity index (χ1) is 5.72. The summed E-state index contributed by atoms with van der Waals surface area (Å²) in [7, 11) is 0. The summed E-state index contributed by atoms with van der Waals surface area (Å²) in [5.41, 5.74) is 2.75. The minimum Gasteiger partial charge on any atom is -0.179 e. The normalized spacial score (nSPS) is 12.9. The van der Waals surface area contributed by atoms with Gasteiger partial charge < -0.3 is 0 Å². The number of benzene rings is 1. The van der Waals surface area contributed by atoms with Crippen LogP contribution < -0.4 is 0 Å². The highest BCUT2D eigenvalue weighted by Crippen LogP contribution is 2.10. The van der Waals surface area contributed by atoms with Crippen molar-refractivity contribution in [1.82, 2.24) is 0 Å². The third kappa shape index (κ3) is 2.90. The Kier molecular flexibility index (Phi) is 3.67. The maximum absolute atomic E-state index is 4.27. The third-order valence-electron chi connectivity index (χ3n) is 2.02. The summed E-state index contributed by atoms with van der Waals surface area (Å²) in [6.45, 7) is 4.35. The second-order valence-corrected chi connectivity index (χ2v) is 3.84. The summed E-state index contributed by atoms with van der Waals surface area (Å²) >= 11 is 4.27. The molecule has 1 heteroatoms. The molecular weight excluding hydrogens is 164 g/mol. The lowest BCUT2D eigenvalue weighted by atomic mass is 10.0. The fraction of sp³-hybridized carbons (Fsp3) is 0.455. The molecule has 0 bridgehead atoms. The van der Waals surface area contributed by atoms with Crippen LogP contribution in [0.15, 0.2) is 24.3 Å². The van der Waals surface area contributed by atoms with Crippen molar-refractivity contribution in [2.24, 2.45) is 5.92 Å². The lowest BCUT2D eigenvalue weighted by Gasteiger charge is -2.07. The molecule has 0 spiro atoms. The Labute approximate surface area is 80.4 Å². The molecule has 0 N–H and O–H groups in total. The van der Waals surface area contributed by atoms with Crippen LogP contribution in [0.5, 0.6) is 0 Å². The van der Waals surface area contributed by atoms with Crippen molar-refractivity contribution in [2.45, 2.75) is 20.3 Å². The van der Waals surface area contributed by atoms with Gasteiger partial charge in [-0.05, 0) is 30.6 Å².